The van der Waals surface area contributed by atoms with Gasteiger partial charge in [-0.2, -0.15) is 5.26 Å². The lowest BCUT2D eigenvalue weighted by atomic mass is 9.83. The van der Waals surface area contributed by atoms with Gasteiger partial charge in [-0.25, -0.2) is 0 Å². The molecule has 0 aliphatic carbocycles. The van der Waals surface area contributed by atoms with Crippen molar-refractivity contribution in [3.05, 3.63) is 91.3 Å². The number of nitrogens with zero attached hydrogens (tertiary/aromatic N) is 4. The number of allylic oxidation sites excluding steroid dienone is 1. The van der Waals surface area contributed by atoms with Crippen molar-refractivity contribution in [2.75, 3.05) is 0 Å². The minimum Gasteiger partial charge on any atom is -0.420 e. The van der Waals surface area contributed by atoms with E-state index in [1.165, 1.54) is 36.4 Å². The standard InChI is InChI=1S/C19H12N6O5/c20-9-14-15(10-3-1-5-12(7-10)24(26)27)16-17(22-23-19(16)30-18(14)21)11-4-2-6-13(8-11)25(28)29/h1-8,15H,21H2,(H,22,23). The van der Waals surface area contributed by atoms with E-state index in [4.69, 9.17) is 10.5 Å². The van der Waals surface area contributed by atoms with Gasteiger partial charge < -0.3 is 10.5 Å². The monoisotopic (exact) mass is 404 g/mol. The summed E-state index contributed by atoms with van der Waals surface area (Å²) in [7, 11) is 0. The molecule has 3 N–H and O–H groups in total. The molecule has 30 heavy (non-hydrogen) atoms. The van der Waals surface area contributed by atoms with Crippen LogP contribution in [0.2, 0.25) is 0 Å². The van der Waals surface area contributed by atoms with Crippen molar-refractivity contribution >= 4 is 11.4 Å². The zero-order valence-electron chi connectivity index (χ0n) is 15.1. The number of ether oxygens (including phenoxy) is 1. The highest BCUT2D eigenvalue weighted by Crippen LogP contribution is 2.46. The number of nitrogens with one attached hydrogen (secondary N) is 1. The number of nitriles is 1. The number of rotatable bonds is 4. The van der Waals surface area contributed by atoms with E-state index < -0.39 is 15.8 Å². The van der Waals surface area contributed by atoms with Crippen LogP contribution in [0.15, 0.2) is 60.0 Å². The lowest BCUT2D eigenvalue weighted by Crippen LogP contribution is -2.21. The lowest BCUT2D eigenvalue weighted by molar-refractivity contribution is -0.385. The maximum absolute atomic E-state index is 11.2. The predicted octanol–water partition coefficient (Wildman–Crippen LogP) is 3.11. The van der Waals surface area contributed by atoms with Crippen molar-refractivity contribution < 1.29 is 14.6 Å². The third-order valence-corrected chi connectivity index (χ3v) is 4.70. The molecule has 11 nitrogen and oxygen atoms in total. The van der Waals surface area contributed by atoms with Crippen LogP contribution in [0.3, 0.4) is 0 Å². The van der Waals surface area contributed by atoms with E-state index in [0.717, 1.165) is 0 Å². The highest BCUT2D eigenvalue weighted by molar-refractivity contribution is 5.72. The Hall–Kier alpha value is -4.72. The number of aromatic nitrogens is 2. The first-order valence-corrected chi connectivity index (χ1v) is 8.55. The average molecular weight is 404 g/mol. The molecule has 1 aromatic heterocycles. The summed E-state index contributed by atoms with van der Waals surface area (Å²) in [4.78, 5) is 21.3. The van der Waals surface area contributed by atoms with Crippen LogP contribution in [0.25, 0.3) is 11.3 Å². The van der Waals surface area contributed by atoms with Crippen LogP contribution >= 0.6 is 0 Å². The molecule has 0 radical (unpaired) electrons. The van der Waals surface area contributed by atoms with Gasteiger partial charge in [-0.05, 0) is 5.56 Å². The van der Waals surface area contributed by atoms with Gasteiger partial charge >= 0.3 is 0 Å². The fourth-order valence-electron chi connectivity index (χ4n) is 3.39. The minimum atomic E-state index is -0.813. The minimum absolute atomic E-state index is 0.0519. The molecule has 0 saturated carbocycles. The van der Waals surface area contributed by atoms with Gasteiger partial charge in [0.25, 0.3) is 11.4 Å². The van der Waals surface area contributed by atoms with E-state index in [1.54, 1.807) is 12.1 Å². The summed E-state index contributed by atoms with van der Waals surface area (Å²) >= 11 is 0. The number of nitrogens with two attached hydrogens (primary N) is 1. The Balaban J connectivity index is 1.95. The summed E-state index contributed by atoms with van der Waals surface area (Å²) in [6.45, 7) is 0. The maximum atomic E-state index is 11.2. The molecule has 148 valence electrons. The maximum Gasteiger partial charge on any atom is 0.270 e. The lowest BCUT2D eigenvalue weighted by Gasteiger charge is -2.24. The molecule has 3 aromatic rings. The Morgan fingerprint density at radius 3 is 2.43 bits per heavy atom. The van der Waals surface area contributed by atoms with Crippen molar-refractivity contribution in [3.63, 3.8) is 0 Å². The summed E-state index contributed by atoms with van der Waals surface area (Å²) in [6.07, 6.45) is 0. The Labute approximate surface area is 168 Å². The summed E-state index contributed by atoms with van der Waals surface area (Å²) in [5, 5.41) is 39.0. The third kappa shape index (κ3) is 2.98. The zero-order chi connectivity index (χ0) is 21.4. The van der Waals surface area contributed by atoms with Gasteiger partial charge in [0.15, 0.2) is 0 Å². The fraction of sp³-hybridized carbons (Fsp3) is 0.0526. The number of aromatic amines is 1. The topological polar surface area (TPSA) is 174 Å². The van der Waals surface area contributed by atoms with Crippen LogP contribution in [0.1, 0.15) is 17.0 Å². The second-order valence-electron chi connectivity index (χ2n) is 6.40. The van der Waals surface area contributed by atoms with Gasteiger partial charge in [0.1, 0.15) is 11.6 Å². The van der Waals surface area contributed by atoms with Crippen molar-refractivity contribution in [1.29, 1.82) is 5.26 Å². The first-order valence-electron chi connectivity index (χ1n) is 8.55. The van der Waals surface area contributed by atoms with Gasteiger partial charge in [-0.3, -0.25) is 25.3 Å². The number of fused-ring (bicyclic) bond motifs is 1. The molecule has 1 atom stereocenters. The second kappa shape index (κ2) is 7.02. The largest absolute Gasteiger partial charge is 0.420 e. The van der Waals surface area contributed by atoms with Gasteiger partial charge in [-0.15, -0.1) is 5.10 Å². The third-order valence-electron chi connectivity index (χ3n) is 4.70. The molecule has 1 unspecified atom stereocenters. The molecule has 0 bridgehead atoms. The molecule has 1 aliphatic heterocycles. The Morgan fingerprint density at radius 1 is 1.10 bits per heavy atom. The molecule has 2 aromatic carbocycles. The van der Waals surface area contributed by atoms with Crippen molar-refractivity contribution in [2.45, 2.75) is 5.92 Å². The summed E-state index contributed by atoms with van der Waals surface area (Å²) in [5.41, 5.74) is 7.32. The van der Waals surface area contributed by atoms with Crippen molar-refractivity contribution in [2.24, 2.45) is 5.73 Å². The van der Waals surface area contributed by atoms with Gasteiger partial charge in [0.2, 0.25) is 11.8 Å². The van der Waals surface area contributed by atoms with Crippen LogP contribution in [0.5, 0.6) is 5.88 Å². The van der Waals surface area contributed by atoms with E-state index in [1.807, 2.05) is 6.07 Å². The number of H-pyrrole nitrogens is 1. The molecule has 1 aliphatic rings. The molecule has 0 saturated heterocycles. The number of benzene rings is 2. The van der Waals surface area contributed by atoms with E-state index in [9.17, 15) is 25.5 Å². The highest BCUT2D eigenvalue weighted by Gasteiger charge is 2.36. The molecule has 0 amide bonds. The quantitative estimate of drug-likeness (QED) is 0.492. The van der Waals surface area contributed by atoms with Crippen molar-refractivity contribution in [1.82, 2.24) is 10.2 Å². The molecule has 11 heteroatoms. The van der Waals surface area contributed by atoms with Crippen LogP contribution in [0.4, 0.5) is 11.4 Å². The SMILES string of the molecule is N#CC1=C(N)Oc2n[nH]c(-c3cccc([N+](=O)[O-])c3)c2C1c1cccc([N+](=O)[O-])c1. The highest BCUT2D eigenvalue weighted by atomic mass is 16.6. The Bertz CT molecular complexity index is 1270. The van der Waals surface area contributed by atoms with Crippen molar-refractivity contribution in [3.8, 4) is 23.2 Å². The van der Waals surface area contributed by atoms with Gasteiger partial charge in [0, 0.05) is 29.8 Å². The fourth-order valence-corrected chi connectivity index (χ4v) is 3.39. The van der Waals surface area contributed by atoms with Gasteiger partial charge in [-0.1, -0.05) is 24.3 Å². The zero-order valence-corrected chi connectivity index (χ0v) is 15.1. The molecule has 2 heterocycles. The van der Waals surface area contributed by atoms with Crippen LogP contribution in [0, 0.1) is 31.6 Å². The molecule has 0 spiro atoms. The number of nitro groups is 2. The number of nitro benzene ring substituents is 2. The number of hydrogen-bond donors (Lipinski definition) is 2. The van der Waals surface area contributed by atoms with Crippen LogP contribution in [-0.2, 0) is 0 Å². The first-order chi connectivity index (χ1) is 14.4. The van der Waals surface area contributed by atoms with E-state index >= 15 is 0 Å². The number of non-ortho nitro benzene ring substituents is 2. The van der Waals surface area contributed by atoms with E-state index in [0.29, 0.717) is 22.4 Å². The summed E-state index contributed by atoms with van der Waals surface area (Å²) in [5.74, 6) is -0.894. The molecular formula is C19H12N6O5. The van der Waals surface area contributed by atoms with Crippen LogP contribution in [-0.4, -0.2) is 20.0 Å². The van der Waals surface area contributed by atoms with E-state index in [2.05, 4.69) is 10.2 Å². The second-order valence-corrected chi connectivity index (χ2v) is 6.40. The normalized spacial score (nSPS) is 15.1. The first kappa shape index (κ1) is 18.6. The molecule has 0 fully saturated rings. The predicted molar refractivity (Wildman–Crippen MR) is 103 cm³/mol. The molecule has 4 rings (SSSR count). The summed E-state index contributed by atoms with van der Waals surface area (Å²) < 4.78 is 5.47. The van der Waals surface area contributed by atoms with Crippen LogP contribution < -0.4 is 10.5 Å². The Morgan fingerprint density at radius 2 is 1.77 bits per heavy atom. The molecular weight excluding hydrogens is 392 g/mol. The van der Waals surface area contributed by atoms with E-state index in [-0.39, 0.29) is 28.7 Å². The average Bonchev–Trinajstić information content (AvgIpc) is 3.16. The Kier molecular flexibility index (Phi) is 4.36. The van der Waals surface area contributed by atoms with Gasteiger partial charge in [0.05, 0.1) is 27.0 Å². The summed E-state index contributed by atoms with van der Waals surface area (Å²) in [6, 6.07) is 13.7. The number of hydrogen-bond acceptors (Lipinski definition) is 8. The smallest absolute Gasteiger partial charge is 0.270 e.